The molecule has 6 heteroatoms. The average molecular weight is 290 g/mol. The van der Waals surface area contributed by atoms with Crippen LogP contribution < -0.4 is 5.32 Å². The highest BCUT2D eigenvalue weighted by Crippen LogP contribution is 2.09. The van der Waals surface area contributed by atoms with Crippen molar-refractivity contribution in [2.24, 2.45) is 0 Å². The van der Waals surface area contributed by atoms with Crippen molar-refractivity contribution in [3.63, 3.8) is 0 Å². The first-order chi connectivity index (χ1) is 10.8. The summed E-state index contributed by atoms with van der Waals surface area (Å²) in [5, 5.41) is 23.8. The first kappa shape index (κ1) is 13.8. The highest BCUT2D eigenvalue weighted by molar-refractivity contribution is 5.37. The summed E-state index contributed by atoms with van der Waals surface area (Å²) in [5.41, 5.74) is 2.59. The molecule has 0 atom stereocenters. The molecule has 0 aliphatic carbocycles. The minimum absolute atomic E-state index is 0.319. The van der Waals surface area contributed by atoms with Crippen LogP contribution in [0.15, 0.2) is 54.9 Å². The molecule has 6 nitrogen and oxygen atoms in total. The van der Waals surface area contributed by atoms with Gasteiger partial charge in [-0.1, -0.05) is 12.1 Å². The second-order valence-electron chi connectivity index (χ2n) is 4.71. The SMILES string of the molecule is N#Cc1ccc(NCCc2ccc(-n3cccn3)cc2)nn1. The van der Waals surface area contributed by atoms with E-state index in [2.05, 4.69) is 32.7 Å². The van der Waals surface area contributed by atoms with Crippen LogP contribution in [0.1, 0.15) is 11.3 Å². The standard InChI is InChI=1S/C16H14N6/c17-12-14-4-7-16(21-20-14)18-10-8-13-2-5-15(6-3-13)22-11-1-9-19-22/h1-7,9,11H,8,10H2,(H,18,21). The summed E-state index contributed by atoms with van der Waals surface area (Å²) >= 11 is 0. The predicted molar refractivity (Wildman–Crippen MR) is 82.5 cm³/mol. The molecule has 3 rings (SSSR count). The van der Waals surface area contributed by atoms with Gasteiger partial charge in [0.2, 0.25) is 0 Å². The minimum atomic E-state index is 0.319. The Balaban J connectivity index is 1.54. The Morgan fingerprint density at radius 3 is 2.59 bits per heavy atom. The van der Waals surface area contributed by atoms with Gasteiger partial charge in [-0.2, -0.15) is 10.4 Å². The summed E-state index contributed by atoms with van der Waals surface area (Å²) in [6, 6.07) is 15.5. The molecule has 0 amide bonds. The van der Waals surface area contributed by atoms with Crippen LogP contribution in [-0.4, -0.2) is 26.5 Å². The maximum Gasteiger partial charge on any atom is 0.163 e. The van der Waals surface area contributed by atoms with E-state index in [-0.39, 0.29) is 0 Å². The Bertz CT molecular complexity index is 754. The zero-order valence-electron chi connectivity index (χ0n) is 11.8. The van der Waals surface area contributed by atoms with Crippen molar-refractivity contribution in [2.75, 3.05) is 11.9 Å². The topological polar surface area (TPSA) is 79.4 Å². The van der Waals surface area contributed by atoms with E-state index < -0.39 is 0 Å². The van der Waals surface area contributed by atoms with Gasteiger partial charge in [0.15, 0.2) is 5.69 Å². The fourth-order valence-corrected chi connectivity index (χ4v) is 2.06. The van der Waals surface area contributed by atoms with Gasteiger partial charge < -0.3 is 5.32 Å². The quantitative estimate of drug-likeness (QED) is 0.779. The van der Waals surface area contributed by atoms with Crippen LogP contribution in [0.2, 0.25) is 0 Å². The molecule has 1 aromatic carbocycles. The number of nitrogens with zero attached hydrogens (tertiary/aromatic N) is 5. The van der Waals surface area contributed by atoms with Crippen LogP contribution >= 0.6 is 0 Å². The summed E-state index contributed by atoms with van der Waals surface area (Å²) in [7, 11) is 0. The number of anilines is 1. The molecule has 2 aromatic heterocycles. The van der Waals surface area contributed by atoms with E-state index in [0.717, 1.165) is 18.7 Å². The average Bonchev–Trinajstić information content (AvgIpc) is 3.11. The monoisotopic (exact) mass is 290 g/mol. The first-order valence-electron chi connectivity index (χ1n) is 6.92. The number of hydrogen-bond donors (Lipinski definition) is 1. The van der Waals surface area contributed by atoms with Crippen molar-refractivity contribution in [1.29, 1.82) is 5.26 Å². The highest BCUT2D eigenvalue weighted by atomic mass is 15.3. The van der Waals surface area contributed by atoms with Gasteiger partial charge in [-0.15, -0.1) is 10.2 Å². The summed E-state index contributed by atoms with van der Waals surface area (Å²) < 4.78 is 1.83. The molecule has 0 aliphatic heterocycles. The maximum atomic E-state index is 8.67. The third-order valence-corrected chi connectivity index (χ3v) is 3.20. The van der Waals surface area contributed by atoms with Gasteiger partial charge in [0.05, 0.1) is 5.69 Å². The Morgan fingerprint density at radius 2 is 1.95 bits per heavy atom. The largest absolute Gasteiger partial charge is 0.368 e. The summed E-state index contributed by atoms with van der Waals surface area (Å²) in [6.07, 6.45) is 4.55. The summed E-state index contributed by atoms with van der Waals surface area (Å²) in [4.78, 5) is 0. The molecule has 2 heterocycles. The van der Waals surface area contributed by atoms with Crippen LogP contribution in [0, 0.1) is 11.3 Å². The van der Waals surface area contributed by atoms with E-state index in [4.69, 9.17) is 5.26 Å². The Labute approximate surface area is 128 Å². The van der Waals surface area contributed by atoms with Crippen molar-refractivity contribution >= 4 is 5.82 Å². The lowest BCUT2D eigenvalue weighted by Crippen LogP contribution is -2.07. The Morgan fingerprint density at radius 1 is 1.09 bits per heavy atom. The summed E-state index contributed by atoms with van der Waals surface area (Å²) in [6.45, 7) is 0.752. The van der Waals surface area contributed by atoms with Gasteiger partial charge in [0, 0.05) is 18.9 Å². The van der Waals surface area contributed by atoms with Crippen molar-refractivity contribution in [1.82, 2.24) is 20.0 Å². The zero-order chi connectivity index (χ0) is 15.2. The van der Waals surface area contributed by atoms with Crippen LogP contribution in [0.5, 0.6) is 0 Å². The molecular weight excluding hydrogens is 276 g/mol. The van der Waals surface area contributed by atoms with Crippen molar-refractivity contribution < 1.29 is 0 Å². The van der Waals surface area contributed by atoms with E-state index in [9.17, 15) is 0 Å². The predicted octanol–water partition coefficient (Wildman–Crippen LogP) is 2.19. The number of nitriles is 1. The summed E-state index contributed by atoms with van der Waals surface area (Å²) in [5.74, 6) is 0.673. The molecule has 108 valence electrons. The van der Waals surface area contributed by atoms with Crippen LogP contribution in [0.3, 0.4) is 0 Å². The zero-order valence-corrected chi connectivity index (χ0v) is 11.8. The molecule has 0 aliphatic rings. The third-order valence-electron chi connectivity index (χ3n) is 3.20. The highest BCUT2D eigenvalue weighted by Gasteiger charge is 1.99. The van der Waals surface area contributed by atoms with E-state index in [1.54, 1.807) is 18.3 Å². The van der Waals surface area contributed by atoms with Crippen molar-refractivity contribution in [2.45, 2.75) is 6.42 Å². The lowest BCUT2D eigenvalue weighted by molar-refractivity contribution is 0.878. The first-order valence-corrected chi connectivity index (χ1v) is 6.92. The molecule has 1 N–H and O–H groups in total. The number of hydrogen-bond acceptors (Lipinski definition) is 5. The Hall–Kier alpha value is -3.20. The van der Waals surface area contributed by atoms with E-state index in [1.807, 2.05) is 35.1 Å². The minimum Gasteiger partial charge on any atom is -0.368 e. The smallest absolute Gasteiger partial charge is 0.163 e. The number of benzene rings is 1. The normalized spacial score (nSPS) is 10.1. The van der Waals surface area contributed by atoms with Gasteiger partial charge in [-0.3, -0.25) is 0 Å². The lowest BCUT2D eigenvalue weighted by Gasteiger charge is -2.06. The molecule has 0 bridgehead atoms. The van der Waals surface area contributed by atoms with Crippen molar-refractivity contribution in [3.05, 3.63) is 66.1 Å². The van der Waals surface area contributed by atoms with Crippen LogP contribution in [-0.2, 0) is 6.42 Å². The number of nitrogens with one attached hydrogen (secondary N) is 1. The van der Waals surface area contributed by atoms with Crippen molar-refractivity contribution in [3.8, 4) is 11.8 Å². The molecule has 0 spiro atoms. The molecule has 22 heavy (non-hydrogen) atoms. The van der Waals surface area contributed by atoms with Gasteiger partial charge in [-0.25, -0.2) is 4.68 Å². The lowest BCUT2D eigenvalue weighted by atomic mass is 10.1. The van der Waals surface area contributed by atoms with Gasteiger partial charge in [0.1, 0.15) is 11.9 Å². The van der Waals surface area contributed by atoms with E-state index >= 15 is 0 Å². The maximum absolute atomic E-state index is 8.67. The Kier molecular flexibility index (Phi) is 4.07. The molecule has 0 fully saturated rings. The number of rotatable bonds is 5. The fraction of sp³-hybridized carbons (Fsp3) is 0.125. The molecule has 3 aromatic rings. The van der Waals surface area contributed by atoms with Crippen LogP contribution in [0.4, 0.5) is 5.82 Å². The second-order valence-corrected chi connectivity index (χ2v) is 4.71. The molecule has 0 unspecified atom stereocenters. The second kappa shape index (κ2) is 6.50. The van der Waals surface area contributed by atoms with Gasteiger partial charge >= 0.3 is 0 Å². The molecule has 0 saturated carbocycles. The van der Waals surface area contributed by atoms with Crippen LogP contribution in [0.25, 0.3) is 5.69 Å². The number of aromatic nitrogens is 4. The molecule has 0 radical (unpaired) electrons. The van der Waals surface area contributed by atoms with Gasteiger partial charge in [-0.05, 0) is 42.3 Å². The van der Waals surface area contributed by atoms with Gasteiger partial charge in [0.25, 0.3) is 0 Å². The van der Waals surface area contributed by atoms with E-state index in [1.165, 1.54) is 5.56 Å². The molecular formula is C16H14N6. The molecule has 0 saturated heterocycles. The fourth-order valence-electron chi connectivity index (χ4n) is 2.06. The van der Waals surface area contributed by atoms with E-state index in [0.29, 0.717) is 11.5 Å². The third kappa shape index (κ3) is 3.27.